The van der Waals surface area contributed by atoms with Crippen molar-refractivity contribution >= 4 is 5.91 Å². The molecule has 0 spiro atoms. The van der Waals surface area contributed by atoms with Gasteiger partial charge in [-0.2, -0.15) is 0 Å². The maximum Gasteiger partial charge on any atom is 0.257 e. The molecule has 1 aromatic carbocycles. The van der Waals surface area contributed by atoms with E-state index in [2.05, 4.69) is 5.32 Å². The van der Waals surface area contributed by atoms with E-state index in [0.717, 1.165) is 12.1 Å². The number of halogens is 2. The molecule has 1 fully saturated rings. The monoisotopic (exact) mass is 240 g/mol. The second kappa shape index (κ2) is 4.79. The molecule has 92 valence electrons. The number of piperazine rings is 1. The molecule has 0 bridgehead atoms. The number of amides is 1. The van der Waals surface area contributed by atoms with Gasteiger partial charge in [0.1, 0.15) is 11.6 Å². The maximum atomic E-state index is 13.5. The second-order valence-corrected chi connectivity index (χ2v) is 4.18. The topological polar surface area (TPSA) is 32.3 Å². The third-order valence-electron chi connectivity index (χ3n) is 2.92. The van der Waals surface area contributed by atoms with E-state index in [-0.39, 0.29) is 17.5 Å². The maximum absolute atomic E-state index is 13.5. The minimum absolute atomic E-state index is 0.0145. The van der Waals surface area contributed by atoms with E-state index in [1.165, 1.54) is 6.07 Å². The van der Waals surface area contributed by atoms with E-state index in [1.54, 1.807) is 4.90 Å². The molecule has 0 aliphatic carbocycles. The molecule has 3 nitrogen and oxygen atoms in total. The Bertz CT molecular complexity index is 437. The van der Waals surface area contributed by atoms with Crippen LogP contribution in [0.2, 0.25) is 0 Å². The van der Waals surface area contributed by atoms with Crippen molar-refractivity contribution in [2.24, 2.45) is 0 Å². The van der Waals surface area contributed by atoms with Crippen molar-refractivity contribution in [1.82, 2.24) is 10.2 Å². The fraction of sp³-hybridized carbons (Fsp3) is 0.417. The average Bonchev–Trinajstić information content (AvgIpc) is 2.29. The van der Waals surface area contributed by atoms with Gasteiger partial charge in [0.25, 0.3) is 5.91 Å². The van der Waals surface area contributed by atoms with Gasteiger partial charge < -0.3 is 10.2 Å². The molecule has 17 heavy (non-hydrogen) atoms. The summed E-state index contributed by atoms with van der Waals surface area (Å²) in [6.07, 6.45) is 0. The first-order valence-electron chi connectivity index (χ1n) is 5.56. The Labute approximate surface area is 98.4 Å². The summed E-state index contributed by atoms with van der Waals surface area (Å²) in [6, 6.07) is 3.05. The summed E-state index contributed by atoms with van der Waals surface area (Å²) in [6.45, 7) is 3.82. The van der Waals surface area contributed by atoms with Crippen molar-refractivity contribution in [1.29, 1.82) is 0 Å². The number of carbonyl (C=O) groups is 1. The Morgan fingerprint density at radius 3 is 2.88 bits per heavy atom. The van der Waals surface area contributed by atoms with Gasteiger partial charge in [-0.1, -0.05) is 0 Å². The first kappa shape index (κ1) is 12.0. The van der Waals surface area contributed by atoms with Crippen LogP contribution in [-0.2, 0) is 0 Å². The fourth-order valence-electron chi connectivity index (χ4n) is 1.96. The average molecular weight is 240 g/mol. The summed E-state index contributed by atoms with van der Waals surface area (Å²) in [5.74, 6) is -1.86. The van der Waals surface area contributed by atoms with Crippen LogP contribution in [-0.4, -0.2) is 36.5 Å². The molecule has 5 heteroatoms. The van der Waals surface area contributed by atoms with E-state index >= 15 is 0 Å². The van der Waals surface area contributed by atoms with Crippen LogP contribution in [0.4, 0.5) is 8.78 Å². The minimum Gasteiger partial charge on any atom is -0.333 e. The molecule has 2 rings (SSSR count). The van der Waals surface area contributed by atoms with Crippen LogP contribution >= 0.6 is 0 Å². The molecule has 1 saturated heterocycles. The van der Waals surface area contributed by atoms with Gasteiger partial charge in [-0.05, 0) is 19.1 Å². The van der Waals surface area contributed by atoms with Crippen molar-refractivity contribution in [3.05, 3.63) is 35.4 Å². The summed E-state index contributed by atoms with van der Waals surface area (Å²) in [7, 11) is 0. The van der Waals surface area contributed by atoms with Crippen molar-refractivity contribution in [2.75, 3.05) is 19.6 Å². The second-order valence-electron chi connectivity index (χ2n) is 4.18. The van der Waals surface area contributed by atoms with Crippen LogP contribution < -0.4 is 5.32 Å². The summed E-state index contributed by atoms with van der Waals surface area (Å²) in [5.41, 5.74) is -0.0693. The lowest BCUT2D eigenvalue weighted by atomic mass is 10.1. The number of benzene rings is 1. The van der Waals surface area contributed by atoms with Gasteiger partial charge >= 0.3 is 0 Å². The Balaban J connectivity index is 2.24. The number of hydrogen-bond acceptors (Lipinski definition) is 2. The molecule has 0 radical (unpaired) electrons. The van der Waals surface area contributed by atoms with E-state index in [4.69, 9.17) is 0 Å². The summed E-state index contributed by atoms with van der Waals surface area (Å²) in [4.78, 5) is 13.7. The van der Waals surface area contributed by atoms with Gasteiger partial charge in [-0.15, -0.1) is 0 Å². The SMILES string of the molecule is CC1CNCCN1C(=O)c1ccc(F)cc1F. The van der Waals surface area contributed by atoms with Gasteiger partial charge in [0.05, 0.1) is 5.56 Å². The predicted octanol–water partition coefficient (Wildman–Crippen LogP) is 1.40. The Hall–Kier alpha value is -1.49. The van der Waals surface area contributed by atoms with Crippen LogP contribution in [0.15, 0.2) is 18.2 Å². The van der Waals surface area contributed by atoms with Crippen molar-refractivity contribution in [3.8, 4) is 0 Å². The first-order chi connectivity index (χ1) is 8.09. The molecule has 1 aromatic rings. The van der Waals surface area contributed by atoms with Crippen molar-refractivity contribution in [3.63, 3.8) is 0 Å². The predicted molar refractivity (Wildman–Crippen MR) is 59.7 cm³/mol. The third-order valence-corrected chi connectivity index (χ3v) is 2.92. The third kappa shape index (κ3) is 2.44. The fourth-order valence-corrected chi connectivity index (χ4v) is 1.96. The lowest BCUT2D eigenvalue weighted by Gasteiger charge is -2.34. The number of nitrogens with one attached hydrogen (secondary N) is 1. The molecule has 1 aliphatic rings. The highest BCUT2D eigenvalue weighted by Gasteiger charge is 2.25. The highest BCUT2D eigenvalue weighted by Crippen LogP contribution is 2.14. The molecule has 1 N–H and O–H groups in total. The van der Waals surface area contributed by atoms with Crippen LogP contribution in [0.1, 0.15) is 17.3 Å². The van der Waals surface area contributed by atoms with Crippen LogP contribution in [0.5, 0.6) is 0 Å². The summed E-state index contributed by atoms with van der Waals surface area (Å²) in [5, 5.41) is 3.15. The molecule has 1 amide bonds. The smallest absolute Gasteiger partial charge is 0.257 e. The lowest BCUT2D eigenvalue weighted by Crippen LogP contribution is -2.52. The Morgan fingerprint density at radius 1 is 1.47 bits per heavy atom. The molecule has 0 aromatic heterocycles. The zero-order valence-electron chi connectivity index (χ0n) is 9.54. The summed E-state index contributed by atoms with van der Waals surface area (Å²) >= 11 is 0. The van der Waals surface area contributed by atoms with E-state index in [9.17, 15) is 13.6 Å². The molecule has 1 atom stereocenters. The van der Waals surface area contributed by atoms with E-state index in [0.29, 0.717) is 19.6 Å². The normalized spacial score (nSPS) is 20.4. The largest absolute Gasteiger partial charge is 0.333 e. The van der Waals surface area contributed by atoms with Crippen LogP contribution in [0, 0.1) is 11.6 Å². The van der Waals surface area contributed by atoms with Gasteiger partial charge in [0.15, 0.2) is 0 Å². The number of rotatable bonds is 1. The van der Waals surface area contributed by atoms with Crippen molar-refractivity contribution < 1.29 is 13.6 Å². The number of nitrogens with zero attached hydrogens (tertiary/aromatic N) is 1. The minimum atomic E-state index is -0.805. The molecule has 1 heterocycles. The van der Waals surface area contributed by atoms with Crippen LogP contribution in [0.25, 0.3) is 0 Å². The summed E-state index contributed by atoms with van der Waals surface area (Å²) < 4.78 is 26.2. The Kier molecular flexibility index (Phi) is 3.38. The van der Waals surface area contributed by atoms with Crippen molar-refractivity contribution in [2.45, 2.75) is 13.0 Å². The first-order valence-corrected chi connectivity index (χ1v) is 5.56. The lowest BCUT2D eigenvalue weighted by molar-refractivity contribution is 0.0651. The standard InChI is InChI=1S/C12H14F2N2O/c1-8-7-15-4-5-16(8)12(17)10-3-2-9(13)6-11(10)14/h2-3,6,8,15H,4-5,7H2,1H3. The van der Waals surface area contributed by atoms with Gasteiger partial charge in [-0.25, -0.2) is 8.78 Å². The van der Waals surface area contributed by atoms with E-state index in [1.807, 2.05) is 6.92 Å². The zero-order valence-corrected chi connectivity index (χ0v) is 9.54. The molecule has 1 unspecified atom stereocenters. The quantitative estimate of drug-likeness (QED) is 0.804. The zero-order chi connectivity index (χ0) is 12.4. The highest BCUT2D eigenvalue weighted by molar-refractivity contribution is 5.94. The molecule has 0 saturated carbocycles. The van der Waals surface area contributed by atoms with E-state index < -0.39 is 11.6 Å². The van der Waals surface area contributed by atoms with Gasteiger partial charge in [0.2, 0.25) is 0 Å². The van der Waals surface area contributed by atoms with Gasteiger partial charge in [0, 0.05) is 31.7 Å². The Morgan fingerprint density at radius 2 is 2.24 bits per heavy atom. The molecule has 1 aliphatic heterocycles. The molecular formula is C12H14F2N2O. The number of hydrogen-bond donors (Lipinski definition) is 1. The highest BCUT2D eigenvalue weighted by atomic mass is 19.1. The van der Waals surface area contributed by atoms with Crippen LogP contribution in [0.3, 0.4) is 0 Å². The molecular weight excluding hydrogens is 226 g/mol. The van der Waals surface area contributed by atoms with Gasteiger partial charge in [-0.3, -0.25) is 4.79 Å². The number of carbonyl (C=O) groups excluding carboxylic acids is 1.